The molecule has 0 N–H and O–H groups in total. The minimum atomic E-state index is 0.0312. The summed E-state index contributed by atoms with van der Waals surface area (Å²) in [6, 6.07) is 14.8. The highest BCUT2D eigenvalue weighted by Gasteiger charge is 2.08. The van der Waals surface area contributed by atoms with Crippen LogP contribution in [-0.4, -0.2) is 11.5 Å². The second-order valence-corrected chi connectivity index (χ2v) is 5.81. The van der Waals surface area contributed by atoms with Crippen molar-refractivity contribution in [2.75, 3.05) is 5.75 Å². The largest absolute Gasteiger partial charge is 0.289 e. The molecule has 1 nitrogen and oxygen atoms in total. The molecule has 98 valence electrons. The van der Waals surface area contributed by atoms with Gasteiger partial charge in [0.25, 0.3) is 0 Å². The molecule has 0 amide bonds. The average Bonchev–Trinajstić information content (AvgIpc) is 2.46. The fourth-order valence-corrected chi connectivity index (χ4v) is 2.58. The summed E-state index contributed by atoms with van der Waals surface area (Å²) in [6.45, 7) is 2.16. The number of hydrogen-bond donors (Lipinski definition) is 0. The maximum atomic E-state index is 12.2. The third kappa shape index (κ3) is 3.85. The lowest BCUT2D eigenvalue weighted by molar-refractivity contribution is 0.103. The fraction of sp³-hybridized carbons (Fsp3) is 0.188. The zero-order valence-electron chi connectivity index (χ0n) is 10.7. The van der Waals surface area contributed by atoms with Crippen molar-refractivity contribution in [3.8, 4) is 0 Å². The molecule has 2 aromatic rings. The van der Waals surface area contributed by atoms with Gasteiger partial charge < -0.3 is 0 Å². The predicted molar refractivity (Wildman–Crippen MR) is 82.3 cm³/mol. The van der Waals surface area contributed by atoms with Crippen LogP contribution in [-0.2, 0) is 0 Å². The van der Waals surface area contributed by atoms with Crippen molar-refractivity contribution in [1.29, 1.82) is 0 Å². The molecule has 0 radical (unpaired) electrons. The van der Waals surface area contributed by atoms with E-state index in [0.29, 0.717) is 16.1 Å². The van der Waals surface area contributed by atoms with Crippen molar-refractivity contribution in [2.24, 2.45) is 0 Å². The van der Waals surface area contributed by atoms with E-state index in [1.807, 2.05) is 36.0 Å². The Morgan fingerprint density at radius 3 is 2.05 bits per heavy atom. The van der Waals surface area contributed by atoms with E-state index in [1.165, 1.54) is 4.90 Å². The Morgan fingerprint density at radius 2 is 1.53 bits per heavy atom. The Bertz CT molecular complexity index is 546. The molecule has 0 saturated carbocycles. The zero-order chi connectivity index (χ0) is 13.7. The number of halogens is 1. The van der Waals surface area contributed by atoms with Crippen LogP contribution >= 0.6 is 23.4 Å². The maximum Gasteiger partial charge on any atom is 0.193 e. The maximum absolute atomic E-state index is 12.2. The highest BCUT2D eigenvalue weighted by molar-refractivity contribution is 7.99. The highest BCUT2D eigenvalue weighted by Crippen LogP contribution is 2.20. The predicted octanol–water partition coefficient (Wildman–Crippen LogP) is 5.07. The van der Waals surface area contributed by atoms with Crippen LogP contribution in [0.5, 0.6) is 0 Å². The van der Waals surface area contributed by atoms with E-state index in [0.717, 1.165) is 12.2 Å². The molecule has 2 rings (SSSR count). The van der Waals surface area contributed by atoms with Gasteiger partial charge >= 0.3 is 0 Å². The first-order valence-electron chi connectivity index (χ1n) is 6.24. The fourth-order valence-electron chi connectivity index (χ4n) is 1.69. The minimum Gasteiger partial charge on any atom is -0.289 e. The molecular formula is C16H15ClOS. The topological polar surface area (TPSA) is 17.1 Å². The van der Waals surface area contributed by atoms with Gasteiger partial charge in [-0.05, 0) is 60.7 Å². The van der Waals surface area contributed by atoms with Gasteiger partial charge in [0, 0.05) is 21.0 Å². The Balaban J connectivity index is 2.13. The summed E-state index contributed by atoms with van der Waals surface area (Å²) in [5.41, 5.74) is 1.38. The summed E-state index contributed by atoms with van der Waals surface area (Å²) >= 11 is 7.63. The molecule has 19 heavy (non-hydrogen) atoms. The van der Waals surface area contributed by atoms with Crippen molar-refractivity contribution in [1.82, 2.24) is 0 Å². The first kappa shape index (κ1) is 14.2. The molecule has 0 unspecified atom stereocenters. The van der Waals surface area contributed by atoms with Gasteiger partial charge in [0.2, 0.25) is 0 Å². The Labute approximate surface area is 123 Å². The Hall–Kier alpha value is -1.25. The summed E-state index contributed by atoms with van der Waals surface area (Å²) in [6.07, 6.45) is 1.15. The highest BCUT2D eigenvalue weighted by atomic mass is 35.5. The van der Waals surface area contributed by atoms with Crippen LogP contribution < -0.4 is 0 Å². The van der Waals surface area contributed by atoms with Crippen molar-refractivity contribution >= 4 is 29.1 Å². The monoisotopic (exact) mass is 290 g/mol. The molecule has 2 aromatic carbocycles. The van der Waals surface area contributed by atoms with Crippen LogP contribution in [0, 0.1) is 0 Å². The van der Waals surface area contributed by atoms with Gasteiger partial charge in [0.1, 0.15) is 0 Å². The van der Waals surface area contributed by atoms with Crippen LogP contribution in [0.1, 0.15) is 29.3 Å². The lowest BCUT2D eigenvalue weighted by Crippen LogP contribution is -2.00. The Morgan fingerprint density at radius 1 is 1.00 bits per heavy atom. The van der Waals surface area contributed by atoms with Gasteiger partial charge in [0.05, 0.1) is 0 Å². The number of thioether (sulfide) groups is 1. The number of ketones is 1. The zero-order valence-corrected chi connectivity index (χ0v) is 12.3. The quantitative estimate of drug-likeness (QED) is 0.565. The number of rotatable bonds is 5. The van der Waals surface area contributed by atoms with E-state index in [1.54, 1.807) is 24.3 Å². The summed E-state index contributed by atoms with van der Waals surface area (Å²) in [5.74, 6) is 1.13. The second-order valence-electron chi connectivity index (χ2n) is 4.21. The van der Waals surface area contributed by atoms with Gasteiger partial charge in [-0.25, -0.2) is 0 Å². The molecule has 0 heterocycles. The molecule has 0 aromatic heterocycles. The van der Waals surface area contributed by atoms with Crippen LogP contribution in [0.4, 0.5) is 0 Å². The molecule has 0 fully saturated rings. The first-order chi connectivity index (χ1) is 9.20. The normalized spacial score (nSPS) is 10.4. The third-order valence-corrected chi connectivity index (χ3v) is 4.17. The van der Waals surface area contributed by atoms with Crippen LogP contribution in [0.25, 0.3) is 0 Å². The number of carbonyl (C=O) groups excluding carboxylic acids is 1. The van der Waals surface area contributed by atoms with E-state index in [2.05, 4.69) is 6.92 Å². The van der Waals surface area contributed by atoms with Crippen molar-refractivity contribution in [2.45, 2.75) is 18.2 Å². The molecular weight excluding hydrogens is 276 g/mol. The van der Waals surface area contributed by atoms with Gasteiger partial charge in [-0.1, -0.05) is 18.5 Å². The summed E-state index contributed by atoms with van der Waals surface area (Å²) in [4.78, 5) is 13.4. The van der Waals surface area contributed by atoms with Gasteiger partial charge in [-0.2, -0.15) is 0 Å². The third-order valence-electron chi connectivity index (χ3n) is 2.70. The van der Waals surface area contributed by atoms with E-state index < -0.39 is 0 Å². The van der Waals surface area contributed by atoms with Crippen molar-refractivity contribution < 1.29 is 4.79 Å². The SMILES string of the molecule is CCCSc1ccc(C(=O)c2ccc(Cl)cc2)cc1. The van der Waals surface area contributed by atoms with Gasteiger partial charge in [-0.3, -0.25) is 4.79 Å². The molecule has 0 bridgehead atoms. The van der Waals surface area contributed by atoms with E-state index in [4.69, 9.17) is 11.6 Å². The smallest absolute Gasteiger partial charge is 0.193 e. The van der Waals surface area contributed by atoms with E-state index >= 15 is 0 Å². The molecule has 0 spiro atoms. The molecule has 0 aliphatic rings. The van der Waals surface area contributed by atoms with Crippen LogP contribution in [0.3, 0.4) is 0 Å². The molecule has 3 heteroatoms. The standard InChI is InChI=1S/C16H15ClOS/c1-2-11-19-15-9-5-13(6-10-15)16(18)12-3-7-14(17)8-4-12/h3-10H,2,11H2,1H3. The molecule has 0 atom stereocenters. The van der Waals surface area contributed by atoms with Gasteiger partial charge in [0.15, 0.2) is 5.78 Å². The average molecular weight is 291 g/mol. The van der Waals surface area contributed by atoms with Crippen molar-refractivity contribution in [3.05, 3.63) is 64.7 Å². The van der Waals surface area contributed by atoms with Crippen molar-refractivity contribution in [3.63, 3.8) is 0 Å². The van der Waals surface area contributed by atoms with Gasteiger partial charge in [-0.15, -0.1) is 11.8 Å². The summed E-state index contributed by atoms with van der Waals surface area (Å²) in [5, 5.41) is 0.642. The Kier molecular flexibility index (Phi) is 5.06. The first-order valence-corrected chi connectivity index (χ1v) is 7.60. The molecule has 0 saturated heterocycles. The molecule has 0 aliphatic carbocycles. The summed E-state index contributed by atoms with van der Waals surface area (Å²) < 4.78 is 0. The van der Waals surface area contributed by atoms with Crippen LogP contribution in [0.15, 0.2) is 53.4 Å². The second kappa shape index (κ2) is 6.78. The van der Waals surface area contributed by atoms with E-state index in [9.17, 15) is 4.79 Å². The molecule has 0 aliphatic heterocycles. The number of benzene rings is 2. The number of hydrogen-bond acceptors (Lipinski definition) is 2. The van der Waals surface area contributed by atoms with Crippen LogP contribution in [0.2, 0.25) is 5.02 Å². The minimum absolute atomic E-state index is 0.0312. The van der Waals surface area contributed by atoms with E-state index in [-0.39, 0.29) is 5.78 Å². The lowest BCUT2D eigenvalue weighted by Gasteiger charge is -2.03. The number of carbonyl (C=O) groups is 1. The summed E-state index contributed by atoms with van der Waals surface area (Å²) in [7, 11) is 0. The lowest BCUT2D eigenvalue weighted by atomic mass is 10.0.